The van der Waals surface area contributed by atoms with Crippen molar-refractivity contribution in [1.29, 1.82) is 0 Å². The quantitative estimate of drug-likeness (QED) is 0.898. The molecular weight excluding hydrogens is 260 g/mol. The molecule has 1 heterocycles. The molecule has 1 aliphatic rings. The van der Waals surface area contributed by atoms with E-state index in [0.717, 1.165) is 29.9 Å². The van der Waals surface area contributed by atoms with Gasteiger partial charge in [-0.15, -0.1) is 0 Å². The predicted molar refractivity (Wildman–Crippen MR) is 78.6 cm³/mol. The highest BCUT2D eigenvalue weighted by molar-refractivity contribution is 6.31. The second-order valence-corrected chi connectivity index (χ2v) is 5.69. The summed E-state index contributed by atoms with van der Waals surface area (Å²) in [6, 6.07) is 6.56. The Bertz CT molecular complexity index is 566. The summed E-state index contributed by atoms with van der Waals surface area (Å²) in [5.41, 5.74) is 2.40. The van der Waals surface area contributed by atoms with Crippen molar-refractivity contribution in [2.24, 2.45) is 0 Å². The van der Waals surface area contributed by atoms with Crippen LogP contribution in [-0.2, 0) is 11.3 Å². The summed E-state index contributed by atoms with van der Waals surface area (Å²) < 4.78 is 5.40. The zero-order valence-corrected chi connectivity index (χ0v) is 11.8. The number of benzene rings is 1. The molecule has 19 heavy (non-hydrogen) atoms. The first kappa shape index (κ1) is 13.0. The van der Waals surface area contributed by atoms with Gasteiger partial charge in [-0.1, -0.05) is 17.7 Å². The third-order valence-electron chi connectivity index (χ3n) is 4.03. The zero-order valence-electron chi connectivity index (χ0n) is 11.1. The Morgan fingerprint density at radius 3 is 3.11 bits per heavy atom. The van der Waals surface area contributed by atoms with Crippen LogP contribution < -0.4 is 5.32 Å². The Labute approximate surface area is 118 Å². The van der Waals surface area contributed by atoms with Crippen LogP contribution >= 0.6 is 11.6 Å². The minimum atomic E-state index is 0.430. The van der Waals surface area contributed by atoms with Crippen LogP contribution in [0.1, 0.15) is 24.8 Å². The van der Waals surface area contributed by atoms with Crippen LogP contribution in [0.25, 0.3) is 10.9 Å². The molecule has 0 radical (unpaired) electrons. The second-order valence-electron chi connectivity index (χ2n) is 5.25. The van der Waals surface area contributed by atoms with Gasteiger partial charge in [0, 0.05) is 41.8 Å². The van der Waals surface area contributed by atoms with Crippen LogP contribution in [-0.4, -0.2) is 24.2 Å². The number of ether oxygens (including phenoxy) is 1. The molecule has 1 fully saturated rings. The molecule has 2 atom stereocenters. The van der Waals surface area contributed by atoms with E-state index in [1.807, 2.05) is 12.1 Å². The van der Waals surface area contributed by atoms with Crippen LogP contribution in [0.4, 0.5) is 0 Å². The summed E-state index contributed by atoms with van der Waals surface area (Å²) in [7, 11) is 1.80. The third kappa shape index (κ3) is 2.78. The maximum Gasteiger partial charge on any atom is 0.0586 e. The van der Waals surface area contributed by atoms with Gasteiger partial charge in [-0.05, 0) is 37.0 Å². The fraction of sp³-hybridized carbons (Fsp3) is 0.467. The van der Waals surface area contributed by atoms with Gasteiger partial charge in [-0.25, -0.2) is 0 Å². The van der Waals surface area contributed by atoms with Crippen molar-refractivity contribution in [3.05, 3.63) is 35.0 Å². The van der Waals surface area contributed by atoms with Crippen molar-refractivity contribution < 1.29 is 4.74 Å². The number of hydrogen-bond donors (Lipinski definition) is 2. The Balaban J connectivity index is 1.66. The van der Waals surface area contributed by atoms with Crippen molar-refractivity contribution in [1.82, 2.24) is 10.3 Å². The molecule has 102 valence electrons. The highest BCUT2D eigenvalue weighted by atomic mass is 35.5. The van der Waals surface area contributed by atoms with E-state index in [1.165, 1.54) is 17.4 Å². The SMILES string of the molecule is COC1CCC(NCc2c[nH]c3cc(Cl)ccc23)C1. The summed E-state index contributed by atoms with van der Waals surface area (Å²) in [5, 5.41) is 5.64. The number of fused-ring (bicyclic) bond motifs is 1. The minimum Gasteiger partial charge on any atom is -0.381 e. The number of H-pyrrole nitrogens is 1. The Morgan fingerprint density at radius 2 is 2.32 bits per heavy atom. The smallest absolute Gasteiger partial charge is 0.0586 e. The van der Waals surface area contributed by atoms with Crippen LogP contribution in [0.15, 0.2) is 24.4 Å². The molecule has 1 aromatic heterocycles. The first-order valence-corrected chi connectivity index (χ1v) is 7.16. The van der Waals surface area contributed by atoms with Crippen LogP contribution in [0, 0.1) is 0 Å². The monoisotopic (exact) mass is 278 g/mol. The molecule has 1 aromatic carbocycles. The average Bonchev–Trinajstić information content (AvgIpc) is 3.02. The summed E-state index contributed by atoms with van der Waals surface area (Å²) in [4.78, 5) is 3.28. The van der Waals surface area contributed by atoms with E-state index in [0.29, 0.717) is 12.1 Å². The number of hydrogen-bond acceptors (Lipinski definition) is 2. The van der Waals surface area contributed by atoms with E-state index in [2.05, 4.69) is 22.6 Å². The molecule has 0 saturated heterocycles. The van der Waals surface area contributed by atoms with E-state index in [4.69, 9.17) is 16.3 Å². The van der Waals surface area contributed by atoms with Crippen LogP contribution in [0.3, 0.4) is 0 Å². The molecule has 0 spiro atoms. The maximum absolute atomic E-state index is 5.99. The van der Waals surface area contributed by atoms with Gasteiger partial charge in [0.1, 0.15) is 0 Å². The predicted octanol–water partition coefficient (Wildman–Crippen LogP) is 3.48. The summed E-state index contributed by atoms with van der Waals surface area (Å²) in [5.74, 6) is 0. The largest absolute Gasteiger partial charge is 0.381 e. The molecule has 1 saturated carbocycles. The first-order chi connectivity index (χ1) is 9.26. The van der Waals surface area contributed by atoms with Crippen LogP contribution in [0.2, 0.25) is 5.02 Å². The molecule has 2 aromatic rings. The van der Waals surface area contributed by atoms with Crippen molar-refractivity contribution in [3.8, 4) is 0 Å². The summed E-state index contributed by atoms with van der Waals surface area (Å²) in [6.07, 6.45) is 5.98. The third-order valence-corrected chi connectivity index (χ3v) is 4.26. The summed E-state index contributed by atoms with van der Waals surface area (Å²) >= 11 is 5.99. The van der Waals surface area contributed by atoms with Gasteiger partial charge >= 0.3 is 0 Å². The molecule has 0 bridgehead atoms. The lowest BCUT2D eigenvalue weighted by atomic mass is 10.1. The summed E-state index contributed by atoms with van der Waals surface area (Å²) in [6.45, 7) is 0.892. The molecule has 4 heteroatoms. The van der Waals surface area contributed by atoms with Gasteiger partial charge in [-0.3, -0.25) is 0 Å². The maximum atomic E-state index is 5.99. The van der Waals surface area contributed by atoms with Gasteiger partial charge < -0.3 is 15.0 Å². The lowest BCUT2D eigenvalue weighted by Crippen LogP contribution is -2.26. The number of rotatable bonds is 4. The number of halogens is 1. The molecule has 2 unspecified atom stereocenters. The highest BCUT2D eigenvalue weighted by Crippen LogP contribution is 2.24. The molecule has 3 nitrogen and oxygen atoms in total. The average molecular weight is 279 g/mol. The van der Waals surface area contributed by atoms with E-state index in [-0.39, 0.29) is 0 Å². The molecule has 2 N–H and O–H groups in total. The van der Waals surface area contributed by atoms with E-state index in [1.54, 1.807) is 7.11 Å². The number of methoxy groups -OCH3 is 1. The number of aromatic amines is 1. The van der Waals surface area contributed by atoms with E-state index >= 15 is 0 Å². The molecule has 3 rings (SSSR count). The topological polar surface area (TPSA) is 37.0 Å². The Kier molecular flexibility index (Phi) is 3.78. The first-order valence-electron chi connectivity index (χ1n) is 6.78. The molecule has 0 aliphatic heterocycles. The van der Waals surface area contributed by atoms with Crippen LogP contribution in [0.5, 0.6) is 0 Å². The van der Waals surface area contributed by atoms with Crippen molar-refractivity contribution in [2.75, 3.05) is 7.11 Å². The molecular formula is C15H19ClN2O. The highest BCUT2D eigenvalue weighted by Gasteiger charge is 2.23. The minimum absolute atomic E-state index is 0.430. The van der Waals surface area contributed by atoms with Gasteiger partial charge in [0.25, 0.3) is 0 Å². The molecule has 1 aliphatic carbocycles. The van der Waals surface area contributed by atoms with Gasteiger partial charge in [-0.2, -0.15) is 0 Å². The van der Waals surface area contributed by atoms with E-state index < -0.39 is 0 Å². The fourth-order valence-corrected chi connectivity index (χ4v) is 3.07. The van der Waals surface area contributed by atoms with Gasteiger partial charge in [0.2, 0.25) is 0 Å². The van der Waals surface area contributed by atoms with Crippen molar-refractivity contribution in [3.63, 3.8) is 0 Å². The van der Waals surface area contributed by atoms with Crippen molar-refractivity contribution in [2.45, 2.75) is 38.0 Å². The lowest BCUT2D eigenvalue weighted by Gasteiger charge is -2.12. The Hall–Kier alpha value is -1.03. The lowest BCUT2D eigenvalue weighted by molar-refractivity contribution is 0.107. The zero-order chi connectivity index (χ0) is 13.2. The van der Waals surface area contributed by atoms with E-state index in [9.17, 15) is 0 Å². The Morgan fingerprint density at radius 1 is 1.42 bits per heavy atom. The van der Waals surface area contributed by atoms with Gasteiger partial charge in [0.15, 0.2) is 0 Å². The number of nitrogens with one attached hydrogen (secondary N) is 2. The fourth-order valence-electron chi connectivity index (χ4n) is 2.90. The van der Waals surface area contributed by atoms with Crippen molar-refractivity contribution >= 4 is 22.5 Å². The molecule has 0 amide bonds. The normalized spacial score (nSPS) is 23.3. The standard InChI is InChI=1S/C15H19ClN2O/c1-19-13-4-3-12(7-13)17-8-10-9-18-15-6-11(16)2-5-14(10)15/h2,5-6,9,12-13,17-18H,3-4,7-8H2,1H3. The number of aromatic nitrogens is 1. The second kappa shape index (κ2) is 5.53. The van der Waals surface area contributed by atoms with Gasteiger partial charge in [0.05, 0.1) is 6.10 Å².